The first-order valence-electron chi connectivity index (χ1n) is 9.19. The zero-order valence-electron chi connectivity index (χ0n) is 14.7. The van der Waals surface area contributed by atoms with Gasteiger partial charge in [-0.3, -0.25) is 0 Å². The molecule has 0 amide bonds. The molecule has 0 spiro atoms. The fourth-order valence-corrected chi connectivity index (χ4v) is 4.15. The van der Waals surface area contributed by atoms with Crippen LogP contribution >= 0.6 is 0 Å². The van der Waals surface area contributed by atoms with Crippen LogP contribution in [0.2, 0.25) is 0 Å². The quantitative estimate of drug-likeness (QED) is 0.862. The summed E-state index contributed by atoms with van der Waals surface area (Å²) in [5, 5.41) is 10.1. The smallest absolute Gasteiger partial charge is 0.0764 e. The average Bonchev–Trinajstić information content (AvgIpc) is 2.95. The monoisotopic (exact) mass is 331 g/mol. The van der Waals surface area contributed by atoms with Gasteiger partial charge in [0.1, 0.15) is 0 Å². The van der Waals surface area contributed by atoms with E-state index in [2.05, 4.69) is 55.5 Å². The predicted octanol–water partition coefficient (Wildman–Crippen LogP) is 4.41. The summed E-state index contributed by atoms with van der Waals surface area (Å²) in [6.45, 7) is 2.94. The van der Waals surface area contributed by atoms with Gasteiger partial charge in [-0.1, -0.05) is 55.5 Å². The Bertz CT molecular complexity index is 851. The minimum atomic E-state index is -0.388. The highest BCUT2D eigenvalue weighted by Gasteiger charge is 2.25. The second kappa shape index (κ2) is 6.62. The Labute approximate surface area is 149 Å². The van der Waals surface area contributed by atoms with E-state index >= 15 is 0 Å². The molecule has 25 heavy (non-hydrogen) atoms. The summed E-state index contributed by atoms with van der Waals surface area (Å²) in [6, 6.07) is 8.71. The number of nitrogens with two attached hydrogens (primary N) is 1. The third-order valence-corrected chi connectivity index (χ3v) is 5.47. The molecule has 2 unspecified atom stereocenters. The number of aliphatic hydroxyl groups is 1. The van der Waals surface area contributed by atoms with Crippen LogP contribution in [0.3, 0.4) is 0 Å². The Kier molecular flexibility index (Phi) is 4.32. The molecule has 0 saturated carbocycles. The molecule has 4 rings (SSSR count). The topological polar surface area (TPSA) is 46.2 Å². The molecule has 0 aromatic heterocycles. The zero-order valence-corrected chi connectivity index (χ0v) is 14.7. The van der Waals surface area contributed by atoms with E-state index < -0.39 is 0 Å². The van der Waals surface area contributed by atoms with Crippen LogP contribution in [0.25, 0.3) is 5.57 Å². The van der Waals surface area contributed by atoms with Crippen LogP contribution < -0.4 is 5.73 Å². The van der Waals surface area contributed by atoms with E-state index in [9.17, 15) is 5.11 Å². The lowest BCUT2D eigenvalue weighted by Gasteiger charge is -2.22. The summed E-state index contributed by atoms with van der Waals surface area (Å²) in [4.78, 5) is 0. The fraction of sp³-hybridized carbons (Fsp3) is 0.304. The van der Waals surface area contributed by atoms with Gasteiger partial charge in [0.25, 0.3) is 0 Å². The van der Waals surface area contributed by atoms with E-state index in [1.165, 1.54) is 39.0 Å². The number of rotatable bonds is 3. The molecule has 2 heteroatoms. The summed E-state index contributed by atoms with van der Waals surface area (Å²) in [5.41, 5.74) is 14.9. The second-order valence-electron chi connectivity index (χ2n) is 7.21. The van der Waals surface area contributed by atoms with Crippen LogP contribution in [0, 0.1) is 0 Å². The van der Waals surface area contributed by atoms with Gasteiger partial charge in [0.05, 0.1) is 6.10 Å². The minimum absolute atomic E-state index is 0.388. The molecular formula is C23H25NO. The summed E-state index contributed by atoms with van der Waals surface area (Å²) in [5.74, 6) is 0.569. The standard InChI is InChI=1S/C23H25NO/c1-15-6-7-16(21-5-3-2-4-20(15)21)12-18-13-17(10-11-24)22-9-8-19(25)14-23(18)22/h2-5,7-9,12-13,15,19,25H,6,10-11,14,24H2,1H3/b18-12+. The Morgan fingerprint density at radius 1 is 1.28 bits per heavy atom. The van der Waals surface area contributed by atoms with Crippen molar-refractivity contribution in [1.29, 1.82) is 0 Å². The number of hydrogen-bond donors (Lipinski definition) is 2. The van der Waals surface area contributed by atoms with Crippen molar-refractivity contribution in [2.45, 2.75) is 38.2 Å². The Balaban J connectivity index is 1.76. The second-order valence-corrected chi connectivity index (χ2v) is 7.21. The molecule has 0 radical (unpaired) electrons. The molecule has 3 aliphatic carbocycles. The van der Waals surface area contributed by atoms with Crippen LogP contribution in [0.5, 0.6) is 0 Å². The predicted molar refractivity (Wildman–Crippen MR) is 104 cm³/mol. The van der Waals surface area contributed by atoms with Crippen LogP contribution in [0.4, 0.5) is 0 Å². The summed E-state index contributed by atoms with van der Waals surface area (Å²) < 4.78 is 0. The maximum absolute atomic E-state index is 10.1. The molecule has 2 nitrogen and oxygen atoms in total. The molecule has 1 aromatic rings. The van der Waals surface area contributed by atoms with Crippen molar-refractivity contribution in [2.24, 2.45) is 5.73 Å². The van der Waals surface area contributed by atoms with Crippen molar-refractivity contribution in [2.75, 3.05) is 6.54 Å². The SMILES string of the molecule is CC1CC=C(/C=C2\C=C(CCN)C3=C2CC(O)C=C3)c2ccccc21. The molecule has 0 bridgehead atoms. The van der Waals surface area contributed by atoms with Gasteiger partial charge in [-0.2, -0.15) is 0 Å². The third-order valence-electron chi connectivity index (χ3n) is 5.47. The summed E-state index contributed by atoms with van der Waals surface area (Å²) in [7, 11) is 0. The van der Waals surface area contributed by atoms with Gasteiger partial charge in [0, 0.05) is 6.42 Å². The maximum atomic E-state index is 10.1. The molecule has 0 aliphatic heterocycles. The molecule has 3 N–H and O–H groups in total. The largest absolute Gasteiger partial charge is 0.389 e. The highest BCUT2D eigenvalue weighted by molar-refractivity contribution is 5.81. The van der Waals surface area contributed by atoms with Gasteiger partial charge >= 0.3 is 0 Å². The van der Waals surface area contributed by atoms with Crippen molar-refractivity contribution in [3.63, 3.8) is 0 Å². The highest BCUT2D eigenvalue weighted by atomic mass is 16.3. The molecule has 0 saturated heterocycles. The average molecular weight is 331 g/mol. The van der Waals surface area contributed by atoms with Gasteiger partial charge < -0.3 is 10.8 Å². The number of benzene rings is 1. The molecule has 1 aromatic carbocycles. The van der Waals surface area contributed by atoms with Crippen molar-refractivity contribution in [3.05, 3.63) is 88.1 Å². The van der Waals surface area contributed by atoms with Gasteiger partial charge in [0.15, 0.2) is 0 Å². The zero-order chi connectivity index (χ0) is 17.4. The normalized spacial score (nSPS) is 26.4. The van der Waals surface area contributed by atoms with Crippen LogP contribution in [0.1, 0.15) is 43.2 Å². The third kappa shape index (κ3) is 2.97. The minimum Gasteiger partial charge on any atom is -0.389 e. The van der Waals surface area contributed by atoms with E-state index in [0.717, 1.165) is 12.8 Å². The Hall–Kier alpha value is -2.16. The molecule has 0 heterocycles. The lowest BCUT2D eigenvalue weighted by Crippen LogP contribution is -2.10. The lowest BCUT2D eigenvalue weighted by molar-refractivity contribution is 0.222. The van der Waals surface area contributed by atoms with Gasteiger partial charge in [-0.05, 0) is 70.4 Å². The van der Waals surface area contributed by atoms with E-state index in [-0.39, 0.29) is 6.10 Å². The first-order valence-corrected chi connectivity index (χ1v) is 9.19. The molecular weight excluding hydrogens is 306 g/mol. The number of allylic oxidation sites excluding steroid dienone is 7. The van der Waals surface area contributed by atoms with E-state index in [1.807, 2.05) is 6.08 Å². The number of fused-ring (bicyclic) bond motifs is 1. The van der Waals surface area contributed by atoms with Crippen LogP contribution in [0.15, 0.2) is 76.9 Å². The molecule has 3 aliphatic rings. The van der Waals surface area contributed by atoms with E-state index in [1.54, 1.807) is 0 Å². The first-order chi connectivity index (χ1) is 12.2. The fourth-order valence-electron chi connectivity index (χ4n) is 4.15. The first kappa shape index (κ1) is 16.3. The lowest BCUT2D eigenvalue weighted by atomic mass is 9.83. The van der Waals surface area contributed by atoms with Crippen molar-refractivity contribution in [3.8, 4) is 0 Å². The Morgan fingerprint density at radius 2 is 2.12 bits per heavy atom. The molecule has 128 valence electrons. The van der Waals surface area contributed by atoms with Crippen molar-refractivity contribution >= 4 is 5.57 Å². The summed E-state index contributed by atoms with van der Waals surface area (Å²) >= 11 is 0. The van der Waals surface area contributed by atoms with Gasteiger partial charge in [0.2, 0.25) is 0 Å². The van der Waals surface area contributed by atoms with Gasteiger partial charge in [-0.25, -0.2) is 0 Å². The number of aliphatic hydroxyl groups excluding tert-OH is 1. The van der Waals surface area contributed by atoms with E-state index in [0.29, 0.717) is 18.9 Å². The number of hydrogen-bond acceptors (Lipinski definition) is 2. The molecule has 2 atom stereocenters. The van der Waals surface area contributed by atoms with E-state index in [4.69, 9.17) is 5.73 Å². The van der Waals surface area contributed by atoms with Crippen molar-refractivity contribution in [1.82, 2.24) is 0 Å². The Morgan fingerprint density at radius 3 is 2.96 bits per heavy atom. The summed E-state index contributed by atoms with van der Waals surface area (Å²) in [6.07, 6.45) is 13.1. The highest BCUT2D eigenvalue weighted by Crippen LogP contribution is 2.41. The van der Waals surface area contributed by atoms with Crippen molar-refractivity contribution < 1.29 is 5.11 Å². The maximum Gasteiger partial charge on any atom is 0.0764 e. The van der Waals surface area contributed by atoms with Crippen LogP contribution in [-0.2, 0) is 0 Å². The van der Waals surface area contributed by atoms with Crippen LogP contribution in [-0.4, -0.2) is 17.8 Å². The molecule has 0 fully saturated rings. The van der Waals surface area contributed by atoms with Gasteiger partial charge in [-0.15, -0.1) is 0 Å².